The summed E-state index contributed by atoms with van der Waals surface area (Å²) in [5.74, 6) is 0.482. The fraction of sp³-hybridized carbons (Fsp3) is 0.643. The molecule has 2 aliphatic rings. The Morgan fingerprint density at radius 2 is 2.17 bits per heavy atom. The van der Waals surface area contributed by atoms with Crippen LogP contribution in [-0.4, -0.2) is 19.0 Å². The first-order valence-electron chi connectivity index (χ1n) is 6.92. The summed E-state index contributed by atoms with van der Waals surface area (Å²) in [7, 11) is 0. The maximum Gasteiger partial charge on any atom is 0.223 e. The first kappa shape index (κ1) is 12.2. The summed E-state index contributed by atoms with van der Waals surface area (Å²) in [6.07, 6.45) is 5.45. The lowest BCUT2D eigenvalue weighted by Crippen LogP contribution is -2.40. The molecule has 4 heteroatoms. The van der Waals surface area contributed by atoms with E-state index in [9.17, 15) is 4.79 Å². The summed E-state index contributed by atoms with van der Waals surface area (Å²) >= 11 is 1.83. The Kier molecular flexibility index (Phi) is 3.66. The highest BCUT2D eigenvalue weighted by Crippen LogP contribution is 2.33. The van der Waals surface area contributed by atoms with Gasteiger partial charge in [-0.2, -0.15) is 0 Å². The first-order chi connectivity index (χ1) is 8.84. The lowest BCUT2D eigenvalue weighted by Gasteiger charge is -2.27. The molecule has 1 aromatic heterocycles. The van der Waals surface area contributed by atoms with Gasteiger partial charge >= 0.3 is 0 Å². The highest BCUT2D eigenvalue weighted by molar-refractivity contribution is 7.10. The molecule has 1 amide bonds. The smallest absolute Gasteiger partial charge is 0.223 e. The molecule has 98 valence electrons. The number of piperidine rings is 1. The largest absolute Gasteiger partial charge is 0.349 e. The number of rotatable bonds is 2. The van der Waals surface area contributed by atoms with Gasteiger partial charge in [-0.25, -0.2) is 0 Å². The lowest BCUT2D eigenvalue weighted by atomic mass is 9.92. The highest BCUT2D eigenvalue weighted by atomic mass is 32.1. The van der Waals surface area contributed by atoms with Gasteiger partial charge in [0.1, 0.15) is 0 Å². The first-order valence-corrected chi connectivity index (χ1v) is 7.80. The quantitative estimate of drug-likeness (QED) is 0.860. The molecule has 1 aliphatic carbocycles. The second kappa shape index (κ2) is 5.41. The van der Waals surface area contributed by atoms with E-state index in [2.05, 4.69) is 22.1 Å². The van der Waals surface area contributed by atoms with Gasteiger partial charge < -0.3 is 10.6 Å². The Bertz CT molecular complexity index is 423. The number of fused-ring (bicyclic) bond motifs is 1. The van der Waals surface area contributed by atoms with Crippen LogP contribution < -0.4 is 10.6 Å². The SMILES string of the molecule is O=C(NC1CCCc2sccc21)C1CCNCC1. The van der Waals surface area contributed by atoms with Gasteiger partial charge in [-0.1, -0.05) is 0 Å². The van der Waals surface area contributed by atoms with Crippen molar-refractivity contribution in [2.24, 2.45) is 5.92 Å². The molecule has 1 atom stereocenters. The summed E-state index contributed by atoms with van der Waals surface area (Å²) in [5, 5.41) is 8.73. The zero-order chi connectivity index (χ0) is 12.4. The topological polar surface area (TPSA) is 41.1 Å². The molecule has 1 aliphatic heterocycles. The minimum absolute atomic E-state index is 0.218. The van der Waals surface area contributed by atoms with Crippen LogP contribution in [0.3, 0.4) is 0 Å². The molecule has 3 rings (SSSR count). The molecule has 0 bridgehead atoms. The van der Waals surface area contributed by atoms with Crippen molar-refractivity contribution in [3.8, 4) is 0 Å². The van der Waals surface area contributed by atoms with Crippen LogP contribution in [-0.2, 0) is 11.2 Å². The number of nitrogens with one attached hydrogen (secondary N) is 2. The second-order valence-corrected chi connectivity index (χ2v) is 6.28. The molecule has 18 heavy (non-hydrogen) atoms. The van der Waals surface area contributed by atoms with Gasteiger partial charge in [-0.05, 0) is 62.2 Å². The maximum atomic E-state index is 12.3. The van der Waals surface area contributed by atoms with Gasteiger partial charge in [0.2, 0.25) is 5.91 Å². The Balaban J connectivity index is 1.65. The predicted octanol–water partition coefficient (Wildman–Crippen LogP) is 2.24. The van der Waals surface area contributed by atoms with E-state index in [0.29, 0.717) is 0 Å². The number of amides is 1. The summed E-state index contributed by atoms with van der Waals surface area (Å²) in [6.45, 7) is 1.96. The molecule has 1 aromatic rings. The maximum absolute atomic E-state index is 12.3. The molecule has 1 unspecified atom stereocenters. The summed E-state index contributed by atoms with van der Waals surface area (Å²) in [4.78, 5) is 13.7. The van der Waals surface area contributed by atoms with Crippen molar-refractivity contribution in [3.05, 3.63) is 21.9 Å². The van der Waals surface area contributed by atoms with Crippen LogP contribution in [0.15, 0.2) is 11.4 Å². The fourth-order valence-corrected chi connectivity index (χ4v) is 4.00. The Morgan fingerprint density at radius 3 is 3.00 bits per heavy atom. The second-order valence-electron chi connectivity index (χ2n) is 5.28. The number of thiophene rings is 1. The summed E-state index contributed by atoms with van der Waals surface area (Å²) in [6, 6.07) is 2.45. The third-order valence-corrected chi connectivity index (χ3v) is 5.07. The standard InChI is InChI=1S/C14H20N2OS/c17-14(10-4-7-15-8-5-10)16-12-2-1-3-13-11(12)6-9-18-13/h6,9-10,12,15H,1-5,7-8H2,(H,16,17). The fourth-order valence-electron chi connectivity index (χ4n) is 3.01. The molecular formula is C14H20N2OS. The summed E-state index contributed by atoms with van der Waals surface area (Å²) < 4.78 is 0. The van der Waals surface area contributed by atoms with Crippen molar-refractivity contribution < 1.29 is 4.79 Å². The molecule has 3 nitrogen and oxygen atoms in total. The van der Waals surface area contributed by atoms with Gasteiger partial charge in [0, 0.05) is 10.8 Å². The number of hydrogen-bond acceptors (Lipinski definition) is 3. The van der Waals surface area contributed by atoms with Crippen LogP contribution in [0.2, 0.25) is 0 Å². The van der Waals surface area contributed by atoms with Gasteiger partial charge in [-0.15, -0.1) is 11.3 Å². The lowest BCUT2D eigenvalue weighted by molar-refractivity contribution is -0.126. The molecule has 1 saturated heterocycles. The molecule has 2 heterocycles. The van der Waals surface area contributed by atoms with Crippen molar-refractivity contribution in [1.82, 2.24) is 10.6 Å². The van der Waals surface area contributed by atoms with Crippen molar-refractivity contribution >= 4 is 17.2 Å². The van der Waals surface area contributed by atoms with Gasteiger partial charge in [0.25, 0.3) is 0 Å². The van der Waals surface area contributed by atoms with Crippen molar-refractivity contribution in [2.45, 2.75) is 38.1 Å². The van der Waals surface area contributed by atoms with Crippen molar-refractivity contribution in [2.75, 3.05) is 13.1 Å². The van der Waals surface area contributed by atoms with Crippen molar-refractivity contribution in [3.63, 3.8) is 0 Å². The van der Waals surface area contributed by atoms with E-state index < -0.39 is 0 Å². The Hall–Kier alpha value is -0.870. The van der Waals surface area contributed by atoms with E-state index >= 15 is 0 Å². The zero-order valence-electron chi connectivity index (χ0n) is 10.6. The van der Waals surface area contributed by atoms with E-state index in [0.717, 1.165) is 32.4 Å². The number of carbonyl (C=O) groups excluding carboxylic acids is 1. The van der Waals surface area contributed by atoms with E-state index in [1.165, 1.54) is 23.3 Å². The van der Waals surface area contributed by atoms with Gasteiger partial charge in [0.15, 0.2) is 0 Å². The van der Waals surface area contributed by atoms with Gasteiger partial charge in [-0.3, -0.25) is 4.79 Å². The predicted molar refractivity (Wildman–Crippen MR) is 73.7 cm³/mol. The van der Waals surface area contributed by atoms with Gasteiger partial charge in [0.05, 0.1) is 6.04 Å². The number of carbonyl (C=O) groups is 1. The molecule has 0 saturated carbocycles. The Labute approximate surface area is 112 Å². The summed E-state index contributed by atoms with van der Waals surface area (Å²) in [5.41, 5.74) is 1.37. The van der Waals surface area contributed by atoms with Crippen LogP contribution in [0.1, 0.15) is 42.2 Å². The molecule has 2 N–H and O–H groups in total. The monoisotopic (exact) mass is 264 g/mol. The Morgan fingerprint density at radius 1 is 1.33 bits per heavy atom. The van der Waals surface area contributed by atoms with E-state index in [1.54, 1.807) is 0 Å². The third kappa shape index (κ3) is 2.45. The number of hydrogen-bond donors (Lipinski definition) is 2. The molecule has 0 spiro atoms. The molecule has 1 fully saturated rings. The van der Waals surface area contributed by atoms with E-state index in [1.807, 2.05) is 11.3 Å². The third-order valence-electron chi connectivity index (χ3n) is 4.08. The van der Waals surface area contributed by atoms with E-state index in [-0.39, 0.29) is 17.9 Å². The molecular weight excluding hydrogens is 244 g/mol. The minimum Gasteiger partial charge on any atom is -0.349 e. The van der Waals surface area contributed by atoms with Crippen LogP contribution in [0.5, 0.6) is 0 Å². The van der Waals surface area contributed by atoms with E-state index in [4.69, 9.17) is 0 Å². The minimum atomic E-state index is 0.218. The normalized spacial score (nSPS) is 24.6. The average Bonchev–Trinajstić information content (AvgIpc) is 2.89. The highest BCUT2D eigenvalue weighted by Gasteiger charge is 2.26. The van der Waals surface area contributed by atoms with Crippen LogP contribution in [0.4, 0.5) is 0 Å². The zero-order valence-corrected chi connectivity index (χ0v) is 11.4. The van der Waals surface area contributed by atoms with Crippen molar-refractivity contribution in [1.29, 1.82) is 0 Å². The average molecular weight is 264 g/mol. The van der Waals surface area contributed by atoms with Crippen LogP contribution in [0, 0.1) is 5.92 Å². The number of aryl methyl sites for hydroxylation is 1. The van der Waals surface area contributed by atoms with Crippen LogP contribution in [0.25, 0.3) is 0 Å². The molecule has 0 radical (unpaired) electrons. The molecule has 0 aromatic carbocycles. The van der Waals surface area contributed by atoms with Crippen LogP contribution >= 0.6 is 11.3 Å².